The molecule has 1 aromatic rings. The number of nitrogens with two attached hydrogens (primary N) is 1. The van der Waals surface area contributed by atoms with Crippen molar-refractivity contribution < 1.29 is 9.53 Å². The molecule has 0 radical (unpaired) electrons. The third-order valence-corrected chi connectivity index (χ3v) is 3.50. The van der Waals surface area contributed by atoms with Crippen molar-refractivity contribution in [1.29, 1.82) is 5.26 Å². The summed E-state index contributed by atoms with van der Waals surface area (Å²) >= 11 is 0. The van der Waals surface area contributed by atoms with E-state index in [1.807, 2.05) is 6.07 Å². The number of hydrogen-bond donors (Lipinski definition) is 3. The topological polar surface area (TPSA) is 118 Å². The number of esters is 1. The Labute approximate surface area is 123 Å². The van der Waals surface area contributed by atoms with E-state index in [9.17, 15) is 4.79 Å². The van der Waals surface area contributed by atoms with Crippen LogP contribution in [-0.2, 0) is 11.3 Å². The highest BCUT2D eigenvalue weighted by Crippen LogP contribution is 2.24. The summed E-state index contributed by atoms with van der Waals surface area (Å²) in [5.74, 6) is 0.143. The summed E-state index contributed by atoms with van der Waals surface area (Å²) in [6, 6.07) is 2.28. The van der Waals surface area contributed by atoms with Crippen LogP contribution in [0.3, 0.4) is 0 Å². The maximum atomic E-state index is 11.9. The van der Waals surface area contributed by atoms with Crippen LogP contribution in [0.5, 0.6) is 0 Å². The van der Waals surface area contributed by atoms with Gasteiger partial charge in [-0.3, -0.25) is 0 Å². The van der Waals surface area contributed by atoms with Gasteiger partial charge in [0.25, 0.3) is 0 Å². The molecule has 0 amide bonds. The molecule has 4 N–H and O–H groups in total. The molecule has 0 spiro atoms. The molecule has 0 unspecified atom stereocenters. The van der Waals surface area contributed by atoms with Gasteiger partial charge >= 0.3 is 5.97 Å². The number of methoxy groups -OCH3 is 1. The molecule has 1 saturated heterocycles. The lowest BCUT2D eigenvalue weighted by molar-refractivity contribution is 0.0603. The van der Waals surface area contributed by atoms with E-state index in [4.69, 9.17) is 15.7 Å². The zero-order valence-corrected chi connectivity index (χ0v) is 12.1. The second kappa shape index (κ2) is 6.95. The van der Waals surface area contributed by atoms with E-state index in [1.165, 1.54) is 11.8 Å². The molecule has 21 heavy (non-hydrogen) atoms. The largest absolute Gasteiger partial charge is 0.465 e. The van der Waals surface area contributed by atoms with Crippen molar-refractivity contribution in [2.24, 2.45) is 0 Å². The number of rotatable bonds is 5. The van der Waals surface area contributed by atoms with Crippen LogP contribution in [-0.4, -0.2) is 42.0 Å². The molecule has 2 rings (SSSR count). The monoisotopic (exact) mass is 292 g/mol. The second-order valence-corrected chi connectivity index (χ2v) is 4.90. The lowest BCUT2D eigenvalue weighted by atomic mass is 10.1. The highest BCUT2D eigenvalue weighted by atomic mass is 16.5. The summed E-state index contributed by atoms with van der Waals surface area (Å²) in [6.07, 6.45) is 2.18. The zero-order valence-electron chi connectivity index (χ0n) is 12.1. The normalized spacial score (nSPS) is 15.4. The molecule has 1 aliphatic heterocycles. The summed E-state index contributed by atoms with van der Waals surface area (Å²) < 4.78 is 6.25. The van der Waals surface area contributed by atoms with E-state index in [1.54, 1.807) is 0 Å². The average molecular weight is 292 g/mol. The van der Waals surface area contributed by atoms with Crippen molar-refractivity contribution in [3.8, 4) is 6.07 Å². The first-order valence-corrected chi connectivity index (χ1v) is 6.96. The van der Waals surface area contributed by atoms with Crippen LogP contribution in [0, 0.1) is 11.3 Å². The van der Waals surface area contributed by atoms with Crippen LogP contribution in [0.15, 0.2) is 0 Å². The lowest BCUT2D eigenvalue weighted by Crippen LogP contribution is -2.35. The fourth-order valence-electron chi connectivity index (χ4n) is 2.37. The van der Waals surface area contributed by atoms with Crippen LogP contribution in [0.2, 0.25) is 0 Å². The van der Waals surface area contributed by atoms with Crippen molar-refractivity contribution in [2.75, 3.05) is 31.2 Å². The number of hydrogen-bond acceptors (Lipinski definition) is 7. The van der Waals surface area contributed by atoms with Crippen molar-refractivity contribution in [2.45, 2.75) is 31.8 Å². The van der Waals surface area contributed by atoms with Crippen LogP contribution in [0.4, 0.5) is 11.6 Å². The van der Waals surface area contributed by atoms with Gasteiger partial charge in [0.1, 0.15) is 11.4 Å². The van der Waals surface area contributed by atoms with E-state index in [2.05, 4.69) is 15.7 Å². The SMILES string of the molecule is COC(=O)c1c(NC2CCNCC2)nn(CCC#N)c1N. The number of aryl methyl sites for hydroxylation is 1. The van der Waals surface area contributed by atoms with Gasteiger partial charge < -0.3 is 21.1 Å². The van der Waals surface area contributed by atoms with Crippen LogP contribution in [0.1, 0.15) is 29.6 Å². The summed E-state index contributed by atoms with van der Waals surface area (Å²) in [5, 5.41) is 19.5. The second-order valence-electron chi connectivity index (χ2n) is 4.90. The molecule has 114 valence electrons. The van der Waals surface area contributed by atoms with Gasteiger partial charge in [0, 0.05) is 6.04 Å². The van der Waals surface area contributed by atoms with Crippen LogP contribution < -0.4 is 16.4 Å². The third kappa shape index (κ3) is 3.44. The number of piperidine rings is 1. The van der Waals surface area contributed by atoms with Crippen molar-refractivity contribution in [3.05, 3.63) is 5.56 Å². The Hall–Kier alpha value is -2.27. The highest BCUT2D eigenvalue weighted by Gasteiger charge is 2.25. The predicted molar refractivity (Wildman–Crippen MR) is 77.7 cm³/mol. The average Bonchev–Trinajstić information content (AvgIpc) is 2.81. The molecule has 0 bridgehead atoms. The van der Waals surface area contributed by atoms with Crippen LogP contribution in [0.25, 0.3) is 0 Å². The number of aromatic nitrogens is 2. The first-order valence-electron chi connectivity index (χ1n) is 6.96. The first kappa shape index (κ1) is 15.1. The molecule has 8 heteroatoms. The quantitative estimate of drug-likeness (QED) is 0.669. The molecule has 1 aromatic heterocycles. The fraction of sp³-hybridized carbons (Fsp3) is 0.615. The molecule has 0 aliphatic carbocycles. The van der Waals surface area contributed by atoms with E-state index >= 15 is 0 Å². The summed E-state index contributed by atoms with van der Waals surface area (Å²) in [4.78, 5) is 11.9. The molecule has 0 aromatic carbocycles. The predicted octanol–water partition coefficient (Wildman–Crippen LogP) is 0.329. The molecular weight excluding hydrogens is 272 g/mol. The van der Waals surface area contributed by atoms with Gasteiger partial charge in [-0.05, 0) is 25.9 Å². The first-order chi connectivity index (χ1) is 10.2. The zero-order chi connectivity index (χ0) is 15.2. The minimum atomic E-state index is -0.521. The third-order valence-electron chi connectivity index (χ3n) is 3.50. The maximum Gasteiger partial charge on any atom is 0.345 e. The molecule has 1 aliphatic rings. The molecule has 0 saturated carbocycles. The Morgan fingerprint density at radius 2 is 2.33 bits per heavy atom. The van der Waals surface area contributed by atoms with Gasteiger partial charge in [0.15, 0.2) is 5.82 Å². The van der Waals surface area contributed by atoms with Gasteiger partial charge in [-0.25, -0.2) is 9.48 Å². The van der Waals surface area contributed by atoms with E-state index in [0.29, 0.717) is 12.4 Å². The fourth-order valence-corrected chi connectivity index (χ4v) is 2.37. The summed E-state index contributed by atoms with van der Waals surface area (Å²) in [5.41, 5.74) is 6.21. The maximum absolute atomic E-state index is 11.9. The highest BCUT2D eigenvalue weighted by molar-refractivity contribution is 5.99. The minimum Gasteiger partial charge on any atom is -0.465 e. The number of nitriles is 1. The smallest absolute Gasteiger partial charge is 0.345 e. The number of anilines is 2. The number of ether oxygens (including phenoxy) is 1. The van der Waals surface area contributed by atoms with Crippen molar-refractivity contribution in [3.63, 3.8) is 0 Å². The van der Waals surface area contributed by atoms with E-state index in [-0.39, 0.29) is 23.8 Å². The Morgan fingerprint density at radius 1 is 1.62 bits per heavy atom. The Kier molecular flexibility index (Phi) is 5.00. The number of nitrogens with zero attached hydrogens (tertiary/aromatic N) is 3. The lowest BCUT2D eigenvalue weighted by Gasteiger charge is -2.23. The summed E-state index contributed by atoms with van der Waals surface area (Å²) in [6.45, 7) is 2.20. The molecule has 2 heterocycles. The van der Waals surface area contributed by atoms with Gasteiger partial charge in [-0.15, -0.1) is 0 Å². The van der Waals surface area contributed by atoms with Gasteiger partial charge in [0.2, 0.25) is 0 Å². The number of nitrogen functional groups attached to an aromatic ring is 1. The summed E-state index contributed by atoms with van der Waals surface area (Å²) in [7, 11) is 1.31. The van der Waals surface area contributed by atoms with Gasteiger partial charge in [-0.2, -0.15) is 10.4 Å². The van der Waals surface area contributed by atoms with Crippen LogP contribution >= 0.6 is 0 Å². The Balaban J connectivity index is 2.24. The van der Waals surface area contributed by atoms with Crippen molar-refractivity contribution in [1.82, 2.24) is 15.1 Å². The van der Waals surface area contributed by atoms with Gasteiger partial charge in [-0.1, -0.05) is 0 Å². The molecule has 8 nitrogen and oxygen atoms in total. The molecule has 1 fully saturated rings. The standard InChI is InChI=1S/C13H20N6O2/c1-21-13(20)10-11(15)19(8-2-5-14)18-12(10)17-9-3-6-16-7-4-9/h9,16H,2-4,6-8,15H2,1H3,(H,17,18). The van der Waals surface area contributed by atoms with E-state index < -0.39 is 5.97 Å². The number of carbonyl (C=O) groups excluding carboxylic acids is 1. The Morgan fingerprint density at radius 3 is 2.95 bits per heavy atom. The Bertz CT molecular complexity index is 542. The van der Waals surface area contributed by atoms with E-state index in [0.717, 1.165) is 25.9 Å². The molecular formula is C13H20N6O2. The number of carbonyl (C=O) groups is 1. The number of nitrogens with one attached hydrogen (secondary N) is 2. The minimum absolute atomic E-state index is 0.230. The van der Waals surface area contributed by atoms with Crippen molar-refractivity contribution >= 4 is 17.6 Å². The molecule has 0 atom stereocenters. The van der Waals surface area contributed by atoms with Gasteiger partial charge in [0.05, 0.1) is 26.1 Å².